The molecule has 0 radical (unpaired) electrons. The zero-order chi connectivity index (χ0) is 12.8. The molecule has 0 saturated carbocycles. The van der Waals surface area contributed by atoms with Crippen LogP contribution in [0.5, 0.6) is 0 Å². The van der Waals surface area contributed by atoms with Crippen LogP contribution in [0.4, 0.5) is 5.69 Å². The molecular weight excluding hydrogens is 242 g/mol. The number of benzene rings is 1. The van der Waals surface area contributed by atoms with Crippen LogP contribution in [0.15, 0.2) is 18.2 Å². The summed E-state index contributed by atoms with van der Waals surface area (Å²) < 4.78 is 4.95. The van der Waals surface area contributed by atoms with Gasteiger partial charge >= 0.3 is 5.97 Å². The van der Waals surface area contributed by atoms with Crippen molar-refractivity contribution in [3.8, 4) is 11.8 Å². The first-order chi connectivity index (χ1) is 8.00. The summed E-state index contributed by atoms with van der Waals surface area (Å²) in [7, 11) is 0. The molecule has 1 atom stereocenters. The average molecular weight is 254 g/mol. The van der Waals surface area contributed by atoms with E-state index in [0.29, 0.717) is 16.3 Å². The molecule has 0 spiro atoms. The highest BCUT2D eigenvalue weighted by Gasteiger charge is 2.08. The molecule has 17 heavy (non-hydrogen) atoms. The topological polar surface area (TPSA) is 72.5 Å². The number of nitrogen functional groups attached to an aromatic ring is 1. The molecule has 0 fully saturated rings. The van der Waals surface area contributed by atoms with Gasteiger partial charge in [-0.1, -0.05) is 23.4 Å². The van der Waals surface area contributed by atoms with Crippen LogP contribution in [-0.2, 0) is 9.53 Å². The van der Waals surface area contributed by atoms with Crippen LogP contribution >= 0.6 is 11.6 Å². The highest BCUT2D eigenvalue weighted by molar-refractivity contribution is 6.30. The Morgan fingerprint density at radius 2 is 2.35 bits per heavy atom. The van der Waals surface area contributed by atoms with Crippen LogP contribution < -0.4 is 5.73 Å². The summed E-state index contributed by atoms with van der Waals surface area (Å²) in [4.78, 5) is 10.5. The van der Waals surface area contributed by atoms with Crippen molar-refractivity contribution < 1.29 is 14.6 Å². The minimum absolute atomic E-state index is 0.0272. The molecule has 1 rings (SSSR count). The number of hydrogen-bond acceptors (Lipinski definition) is 3. The SMILES string of the molecule is C[C@H](OCC#Cc1cc(Cl)ccc1N)C(=O)O. The second kappa shape index (κ2) is 6.14. The molecule has 0 aromatic heterocycles. The van der Waals surface area contributed by atoms with Crippen molar-refractivity contribution in [3.63, 3.8) is 0 Å². The maximum atomic E-state index is 10.5. The highest BCUT2D eigenvalue weighted by Crippen LogP contribution is 2.16. The monoisotopic (exact) mass is 253 g/mol. The number of aliphatic carboxylic acids is 1. The summed E-state index contributed by atoms with van der Waals surface area (Å²) in [5, 5.41) is 9.11. The van der Waals surface area contributed by atoms with Gasteiger partial charge in [-0.3, -0.25) is 0 Å². The fourth-order valence-corrected chi connectivity index (χ4v) is 1.18. The van der Waals surface area contributed by atoms with Gasteiger partial charge in [0.15, 0.2) is 6.10 Å². The van der Waals surface area contributed by atoms with Crippen LogP contribution in [0.25, 0.3) is 0 Å². The van der Waals surface area contributed by atoms with E-state index in [2.05, 4.69) is 11.8 Å². The number of ether oxygens (including phenoxy) is 1. The Morgan fingerprint density at radius 3 is 3.00 bits per heavy atom. The molecule has 0 aliphatic rings. The summed E-state index contributed by atoms with van der Waals surface area (Å²) in [5.74, 6) is 4.43. The lowest BCUT2D eigenvalue weighted by atomic mass is 10.2. The van der Waals surface area contributed by atoms with Crippen molar-refractivity contribution in [2.24, 2.45) is 0 Å². The van der Waals surface area contributed by atoms with Gasteiger partial charge < -0.3 is 15.6 Å². The zero-order valence-corrected chi connectivity index (χ0v) is 9.99. The van der Waals surface area contributed by atoms with Crippen LogP contribution in [-0.4, -0.2) is 23.8 Å². The molecule has 0 saturated heterocycles. The number of rotatable bonds is 3. The summed E-state index contributed by atoms with van der Waals surface area (Å²) in [6.07, 6.45) is -0.874. The largest absolute Gasteiger partial charge is 0.479 e. The lowest BCUT2D eigenvalue weighted by Crippen LogP contribution is -2.19. The fraction of sp³-hybridized carbons (Fsp3) is 0.250. The third-order valence-electron chi connectivity index (χ3n) is 1.99. The molecule has 0 heterocycles. The summed E-state index contributed by atoms with van der Waals surface area (Å²) in [6.45, 7) is 1.47. The number of anilines is 1. The van der Waals surface area contributed by atoms with Crippen LogP contribution in [0.3, 0.4) is 0 Å². The first kappa shape index (κ1) is 13.4. The Kier molecular flexibility index (Phi) is 4.83. The van der Waals surface area contributed by atoms with E-state index >= 15 is 0 Å². The van der Waals surface area contributed by atoms with E-state index in [1.807, 2.05) is 0 Å². The third-order valence-corrected chi connectivity index (χ3v) is 2.23. The molecule has 0 unspecified atom stereocenters. The lowest BCUT2D eigenvalue weighted by molar-refractivity contribution is -0.148. The molecule has 0 amide bonds. The standard InChI is InChI=1S/C12H12ClNO3/c1-8(12(15)16)17-6-2-3-9-7-10(13)4-5-11(9)14/h4-5,7-8H,6,14H2,1H3,(H,15,16)/t8-/m0/s1. The van der Waals surface area contributed by atoms with Crippen molar-refractivity contribution >= 4 is 23.3 Å². The lowest BCUT2D eigenvalue weighted by Gasteiger charge is -2.03. The van der Waals surface area contributed by atoms with E-state index in [-0.39, 0.29) is 6.61 Å². The molecule has 1 aromatic carbocycles. The summed E-state index contributed by atoms with van der Waals surface area (Å²) >= 11 is 5.79. The molecule has 0 bridgehead atoms. The minimum Gasteiger partial charge on any atom is -0.479 e. The van der Waals surface area contributed by atoms with Crippen LogP contribution in [0, 0.1) is 11.8 Å². The number of carboxylic acids is 1. The van der Waals surface area contributed by atoms with E-state index in [0.717, 1.165) is 0 Å². The van der Waals surface area contributed by atoms with Gasteiger partial charge in [0.1, 0.15) is 6.61 Å². The first-order valence-corrected chi connectivity index (χ1v) is 5.27. The number of carboxylic acid groups (broad SMARTS) is 1. The second-order valence-corrected chi connectivity index (χ2v) is 3.76. The summed E-state index contributed by atoms with van der Waals surface area (Å²) in [6, 6.07) is 4.97. The van der Waals surface area contributed by atoms with Gasteiger partial charge in [0.05, 0.1) is 0 Å². The van der Waals surface area contributed by atoms with E-state index in [1.54, 1.807) is 18.2 Å². The number of halogens is 1. The van der Waals surface area contributed by atoms with Crippen molar-refractivity contribution in [1.82, 2.24) is 0 Å². The molecule has 0 aliphatic heterocycles. The maximum Gasteiger partial charge on any atom is 0.332 e. The van der Waals surface area contributed by atoms with E-state index in [1.165, 1.54) is 6.92 Å². The number of carbonyl (C=O) groups is 1. The highest BCUT2D eigenvalue weighted by atomic mass is 35.5. The Balaban J connectivity index is 2.60. The number of hydrogen-bond donors (Lipinski definition) is 2. The Bertz CT molecular complexity index is 476. The van der Waals surface area contributed by atoms with E-state index in [4.69, 9.17) is 27.2 Å². The van der Waals surface area contributed by atoms with Crippen molar-refractivity contribution in [2.45, 2.75) is 13.0 Å². The minimum atomic E-state index is -1.02. The average Bonchev–Trinajstić information content (AvgIpc) is 2.28. The van der Waals surface area contributed by atoms with Gasteiger partial charge in [-0.2, -0.15) is 0 Å². The Morgan fingerprint density at radius 1 is 1.65 bits per heavy atom. The van der Waals surface area contributed by atoms with Gasteiger partial charge in [-0.05, 0) is 25.1 Å². The molecule has 5 heteroatoms. The molecule has 1 aromatic rings. The molecule has 90 valence electrons. The van der Waals surface area contributed by atoms with Crippen LogP contribution in [0.2, 0.25) is 5.02 Å². The smallest absolute Gasteiger partial charge is 0.332 e. The van der Waals surface area contributed by atoms with Gasteiger partial charge in [0, 0.05) is 16.3 Å². The second-order valence-electron chi connectivity index (χ2n) is 3.32. The third kappa shape index (κ3) is 4.35. The van der Waals surface area contributed by atoms with Gasteiger partial charge in [-0.25, -0.2) is 4.79 Å². The molecule has 3 N–H and O–H groups in total. The Hall–Kier alpha value is -1.70. The number of nitrogens with two attached hydrogens (primary N) is 1. The summed E-state index contributed by atoms with van der Waals surface area (Å²) in [5.41, 5.74) is 6.81. The predicted molar refractivity (Wildman–Crippen MR) is 65.8 cm³/mol. The van der Waals surface area contributed by atoms with E-state index in [9.17, 15) is 4.79 Å². The Labute approximate surface area is 104 Å². The fourth-order valence-electron chi connectivity index (χ4n) is 1.01. The molecular formula is C12H12ClNO3. The van der Waals surface area contributed by atoms with Crippen molar-refractivity contribution in [1.29, 1.82) is 0 Å². The first-order valence-electron chi connectivity index (χ1n) is 4.89. The van der Waals surface area contributed by atoms with Gasteiger partial charge in [0.2, 0.25) is 0 Å². The maximum absolute atomic E-state index is 10.5. The zero-order valence-electron chi connectivity index (χ0n) is 9.24. The van der Waals surface area contributed by atoms with Gasteiger partial charge in [-0.15, -0.1) is 0 Å². The van der Waals surface area contributed by atoms with Gasteiger partial charge in [0.25, 0.3) is 0 Å². The molecule has 4 nitrogen and oxygen atoms in total. The van der Waals surface area contributed by atoms with E-state index < -0.39 is 12.1 Å². The van der Waals surface area contributed by atoms with Crippen molar-refractivity contribution in [2.75, 3.05) is 12.3 Å². The van der Waals surface area contributed by atoms with Crippen molar-refractivity contribution in [3.05, 3.63) is 28.8 Å². The normalized spacial score (nSPS) is 11.4. The molecule has 0 aliphatic carbocycles. The quantitative estimate of drug-likeness (QED) is 0.636. The predicted octanol–water partition coefficient (Wildman–Crippen LogP) is 1.76. The van der Waals surface area contributed by atoms with Crippen LogP contribution in [0.1, 0.15) is 12.5 Å².